The predicted octanol–water partition coefficient (Wildman–Crippen LogP) is 3.66. The summed E-state index contributed by atoms with van der Waals surface area (Å²) in [5, 5.41) is 0. The van der Waals surface area contributed by atoms with E-state index in [1.807, 2.05) is 4.72 Å². The number of ether oxygens (including phenoxy) is 1. The number of halogens is 3. The van der Waals surface area contributed by atoms with Crippen molar-refractivity contribution in [3.05, 3.63) is 59.7 Å². The second-order valence-corrected chi connectivity index (χ2v) is 6.48. The summed E-state index contributed by atoms with van der Waals surface area (Å²) in [6, 6.07) is 10.7. The molecule has 0 atom stereocenters. The van der Waals surface area contributed by atoms with E-state index in [9.17, 15) is 21.6 Å². The molecule has 1 N–H and O–H groups in total. The maximum atomic E-state index is 12.9. The van der Waals surface area contributed by atoms with E-state index in [0.717, 1.165) is 12.1 Å². The van der Waals surface area contributed by atoms with Crippen LogP contribution < -0.4 is 9.46 Å². The molecule has 2 rings (SSSR count). The van der Waals surface area contributed by atoms with Gasteiger partial charge in [0.1, 0.15) is 5.75 Å². The van der Waals surface area contributed by atoms with Gasteiger partial charge in [-0.15, -0.1) is 0 Å². The maximum Gasteiger partial charge on any atom is 0.418 e. The maximum absolute atomic E-state index is 12.9. The third-order valence-electron chi connectivity index (χ3n) is 2.99. The summed E-state index contributed by atoms with van der Waals surface area (Å²) >= 11 is 0. The molecule has 0 bridgehead atoms. The molecule has 0 aromatic heterocycles. The Balaban J connectivity index is 2.25. The van der Waals surface area contributed by atoms with Crippen molar-refractivity contribution in [2.75, 3.05) is 11.8 Å². The van der Waals surface area contributed by atoms with Crippen molar-refractivity contribution < 1.29 is 26.3 Å². The molecule has 124 valence electrons. The summed E-state index contributed by atoms with van der Waals surface area (Å²) in [6.45, 7) is 0. The molecule has 0 spiro atoms. The standard InChI is InChI=1S/C15H14F3NO3S/c1-22-12-6-4-5-11(9-12)10-23(20,21)19-14-8-3-2-7-13(14)15(16,17)18/h2-9,19H,10H2,1H3. The Morgan fingerprint density at radius 3 is 2.43 bits per heavy atom. The van der Waals surface area contributed by atoms with Crippen molar-refractivity contribution >= 4 is 15.7 Å². The molecule has 2 aromatic carbocycles. The van der Waals surface area contributed by atoms with Gasteiger partial charge in [-0.1, -0.05) is 24.3 Å². The molecule has 0 saturated carbocycles. The predicted molar refractivity (Wildman–Crippen MR) is 80.7 cm³/mol. The lowest BCUT2D eigenvalue weighted by Gasteiger charge is -2.14. The van der Waals surface area contributed by atoms with Crippen LogP contribution in [0.15, 0.2) is 48.5 Å². The van der Waals surface area contributed by atoms with Crippen molar-refractivity contribution in [2.45, 2.75) is 11.9 Å². The Morgan fingerprint density at radius 1 is 1.09 bits per heavy atom. The summed E-state index contributed by atoms with van der Waals surface area (Å²) in [7, 11) is -2.57. The van der Waals surface area contributed by atoms with Crippen molar-refractivity contribution in [2.24, 2.45) is 0 Å². The third-order valence-corrected chi connectivity index (χ3v) is 4.23. The lowest BCUT2D eigenvalue weighted by molar-refractivity contribution is -0.136. The number of alkyl halides is 3. The zero-order valence-electron chi connectivity index (χ0n) is 12.1. The minimum Gasteiger partial charge on any atom is -0.497 e. The van der Waals surface area contributed by atoms with E-state index in [0.29, 0.717) is 11.3 Å². The van der Waals surface area contributed by atoms with Gasteiger partial charge in [-0.05, 0) is 29.8 Å². The summed E-state index contributed by atoms with van der Waals surface area (Å²) in [5.41, 5.74) is -1.13. The van der Waals surface area contributed by atoms with Crippen LogP contribution >= 0.6 is 0 Å². The molecule has 0 unspecified atom stereocenters. The van der Waals surface area contributed by atoms with Crippen LogP contribution in [0.5, 0.6) is 5.75 Å². The first kappa shape index (κ1) is 17.1. The molecule has 0 aliphatic rings. The average Bonchev–Trinajstić information content (AvgIpc) is 2.46. The van der Waals surface area contributed by atoms with Crippen molar-refractivity contribution in [1.29, 1.82) is 0 Å². The molecule has 0 fully saturated rings. The second-order valence-electron chi connectivity index (χ2n) is 4.76. The Morgan fingerprint density at radius 2 is 1.78 bits per heavy atom. The SMILES string of the molecule is COc1cccc(CS(=O)(=O)Nc2ccccc2C(F)(F)F)c1. The summed E-state index contributed by atoms with van der Waals surface area (Å²) in [5.74, 6) is 0.00419. The molecule has 0 heterocycles. The second kappa shape index (κ2) is 6.49. The summed E-state index contributed by atoms with van der Waals surface area (Å²) in [4.78, 5) is 0. The number of rotatable bonds is 5. The van der Waals surface area contributed by atoms with E-state index in [4.69, 9.17) is 4.74 Å². The molecule has 23 heavy (non-hydrogen) atoms. The first-order valence-electron chi connectivity index (χ1n) is 6.51. The Labute approximate surface area is 132 Å². The summed E-state index contributed by atoms with van der Waals surface area (Å²) < 4.78 is 69.9. The molecule has 0 aliphatic carbocycles. The number of hydrogen-bond acceptors (Lipinski definition) is 3. The van der Waals surface area contributed by atoms with E-state index in [2.05, 4.69) is 0 Å². The van der Waals surface area contributed by atoms with Gasteiger partial charge in [-0.2, -0.15) is 13.2 Å². The third kappa shape index (κ3) is 4.62. The van der Waals surface area contributed by atoms with Crippen LogP contribution in [-0.4, -0.2) is 15.5 Å². The number of sulfonamides is 1. The van der Waals surface area contributed by atoms with Gasteiger partial charge in [0.05, 0.1) is 24.1 Å². The van der Waals surface area contributed by atoms with Gasteiger partial charge in [-0.3, -0.25) is 4.72 Å². The van der Waals surface area contributed by atoms with Gasteiger partial charge in [0.25, 0.3) is 0 Å². The number of hydrogen-bond donors (Lipinski definition) is 1. The van der Waals surface area contributed by atoms with Gasteiger partial charge in [0, 0.05) is 0 Å². The summed E-state index contributed by atoms with van der Waals surface area (Å²) in [6.07, 6.45) is -4.64. The molecule has 0 amide bonds. The first-order chi connectivity index (χ1) is 10.7. The number of benzene rings is 2. The van der Waals surface area contributed by atoms with E-state index < -0.39 is 33.2 Å². The fourth-order valence-electron chi connectivity index (χ4n) is 2.00. The number of para-hydroxylation sites is 1. The Kier molecular flexibility index (Phi) is 4.84. The van der Waals surface area contributed by atoms with Crippen LogP contribution in [0.1, 0.15) is 11.1 Å². The quantitative estimate of drug-likeness (QED) is 0.900. The van der Waals surface area contributed by atoms with Crippen molar-refractivity contribution in [3.63, 3.8) is 0 Å². The molecule has 8 heteroatoms. The minimum absolute atomic E-state index is 0.404. The van der Waals surface area contributed by atoms with Crippen LogP contribution in [0.4, 0.5) is 18.9 Å². The molecule has 0 saturated heterocycles. The van der Waals surface area contributed by atoms with Crippen LogP contribution in [0.3, 0.4) is 0 Å². The van der Waals surface area contributed by atoms with Crippen LogP contribution in [0.25, 0.3) is 0 Å². The molecule has 0 radical (unpaired) electrons. The molecule has 4 nitrogen and oxygen atoms in total. The molecular formula is C15H14F3NO3S. The highest BCUT2D eigenvalue weighted by molar-refractivity contribution is 7.91. The van der Waals surface area contributed by atoms with Crippen molar-refractivity contribution in [1.82, 2.24) is 0 Å². The van der Waals surface area contributed by atoms with Gasteiger partial charge in [0.15, 0.2) is 0 Å². The van der Waals surface area contributed by atoms with Gasteiger partial charge in [-0.25, -0.2) is 8.42 Å². The van der Waals surface area contributed by atoms with Gasteiger partial charge >= 0.3 is 6.18 Å². The molecular weight excluding hydrogens is 331 g/mol. The van der Waals surface area contributed by atoms with Crippen LogP contribution in [0.2, 0.25) is 0 Å². The van der Waals surface area contributed by atoms with Crippen molar-refractivity contribution in [3.8, 4) is 5.75 Å². The van der Waals surface area contributed by atoms with Crippen LogP contribution in [-0.2, 0) is 22.0 Å². The van der Waals surface area contributed by atoms with E-state index in [-0.39, 0.29) is 0 Å². The van der Waals surface area contributed by atoms with E-state index in [1.54, 1.807) is 18.2 Å². The highest BCUT2D eigenvalue weighted by atomic mass is 32.2. The zero-order valence-corrected chi connectivity index (χ0v) is 12.9. The van der Waals surface area contributed by atoms with Crippen LogP contribution in [0, 0.1) is 0 Å². The van der Waals surface area contributed by atoms with Gasteiger partial charge < -0.3 is 4.74 Å². The normalized spacial score (nSPS) is 12.0. The highest BCUT2D eigenvalue weighted by Gasteiger charge is 2.34. The minimum atomic E-state index is -4.64. The monoisotopic (exact) mass is 345 g/mol. The van der Waals surface area contributed by atoms with E-state index >= 15 is 0 Å². The fourth-order valence-corrected chi connectivity index (χ4v) is 3.21. The van der Waals surface area contributed by atoms with Gasteiger partial charge in [0.2, 0.25) is 10.0 Å². The number of methoxy groups -OCH3 is 1. The first-order valence-corrected chi connectivity index (χ1v) is 8.16. The smallest absolute Gasteiger partial charge is 0.418 e. The highest BCUT2D eigenvalue weighted by Crippen LogP contribution is 2.35. The fraction of sp³-hybridized carbons (Fsp3) is 0.200. The lowest BCUT2D eigenvalue weighted by atomic mass is 10.2. The Bertz CT molecular complexity index is 789. The molecule has 0 aliphatic heterocycles. The number of anilines is 1. The zero-order chi connectivity index (χ0) is 17.1. The number of nitrogens with one attached hydrogen (secondary N) is 1. The average molecular weight is 345 g/mol. The molecule has 2 aromatic rings. The Hall–Kier alpha value is -2.22. The lowest BCUT2D eigenvalue weighted by Crippen LogP contribution is -2.18. The topological polar surface area (TPSA) is 55.4 Å². The van der Waals surface area contributed by atoms with E-state index in [1.165, 1.54) is 25.3 Å². The largest absolute Gasteiger partial charge is 0.497 e.